The maximum absolute atomic E-state index is 6.27. The molecule has 1 fully saturated rings. The zero-order valence-electron chi connectivity index (χ0n) is 17.4. The van der Waals surface area contributed by atoms with Gasteiger partial charge in [0.25, 0.3) is 0 Å². The lowest BCUT2D eigenvalue weighted by Crippen LogP contribution is -2.50. The van der Waals surface area contributed by atoms with Crippen LogP contribution in [0, 0.1) is 5.41 Å². The molecule has 2 aromatic rings. The number of ether oxygens (including phenoxy) is 2. The highest BCUT2D eigenvalue weighted by atomic mass is 16.5. The Bertz CT molecular complexity index is 779. The molecule has 0 aromatic heterocycles. The van der Waals surface area contributed by atoms with Gasteiger partial charge < -0.3 is 14.4 Å². The number of fused-ring (bicyclic) bond motifs is 1. The van der Waals surface area contributed by atoms with Crippen molar-refractivity contribution in [3.63, 3.8) is 0 Å². The molecule has 150 valence electrons. The largest absolute Gasteiger partial charge is 0.497 e. The molecular formula is C24H32N2O2. The van der Waals surface area contributed by atoms with Crippen LogP contribution in [0.5, 0.6) is 5.75 Å². The van der Waals surface area contributed by atoms with E-state index >= 15 is 0 Å². The molecule has 0 aliphatic carbocycles. The van der Waals surface area contributed by atoms with Crippen molar-refractivity contribution >= 4 is 5.69 Å². The Balaban J connectivity index is 1.37. The summed E-state index contributed by atoms with van der Waals surface area (Å²) >= 11 is 0. The van der Waals surface area contributed by atoms with Gasteiger partial charge in [-0.15, -0.1) is 0 Å². The van der Waals surface area contributed by atoms with Gasteiger partial charge in [-0.1, -0.05) is 38.1 Å². The Kier molecular flexibility index (Phi) is 5.61. The van der Waals surface area contributed by atoms with E-state index in [4.69, 9.17) is 9.47 Å². The molecular weight excluding hydrogens is 348 g/mol. The minimum absolute atomic E-state index is 0.0821. The van der Waals surface area contributed by atoms with Gasteiger partial charge in [-0.05, 0) is 41.8 Å². The second-order valence-corrected chi connectivity index (χ2v) is 8.65. The number of rotatable bonds is 5. The Morgan fingerprint density at radius 2 is 1.71 bits per heavy atom. The summed E-state index contributed by atoms with van der Waals surface area (Å²) in [6.45, 7) is 10.9. The molecule has 0 saturated carbocycles. The minimum atomic E-state index is 0.0821. The number of hydrogen-bond acceptors (Lipinski definition) is 4. The molecule has 4 nitrogen and oxygen atoms in total. The molecule has 0 bridgehead atoms. The van der Waals surface area contributed by atoms with Gasteiger partial charge in [0.1, 0.15) is 5.75 Å². The molecule has 0 spiro atoms. The molecule has 1 unspecified atom stereocenters. The van der Waals surface area contributed by atoms with Crippen LogP contribution in [0.2, 0.25) is 0 Å². The van der Waals surface area contributed by atoms with Crippen LogP contribution in [0.4, 0.5) is 5.69 Å². The summed E-state index contributed by atoms with van der Waals surface area (Å²) in [6, 6.07) is 17.2. The summed E-state index contributed by atoms with van der Waals surface area (Å²) in [5.74, 6) is 0.914. The van der Waals surface area contributed by atoms with Crippen LogP contribution in [0.1, 0.15) is 31.1 Å². The third kappa shape index (κ3) is 4.03. The van der Waals surface area contributed by atoms with Crippen molar-refractivity contribution in [2.45, 2.75) is 26.4 Å². The van der Waals surface area contributed by atoms with Crippen LogP contribution in [0.3, 0.4) is 0 Å². The second kappa shape index (κ2) is 8.14. The normalized spacial score (nSPS) is 20.7. The molecule has 4 heteroatoms. The lowest BCUT2D eigenvalue weighted by Gasteiger charge is -2.44. The molecule has 2 heterocycles. The first-order valence-corrected chi connectivity index (χ1v) is 10.4. The van der Waals surface area contributed by atoms with Crippen molar-refractivity contribution in [3.8, 4) is 5.75 Å². The van der Waals surface area contributed by atoms with E-state index in [0.29, 0.717) is 0 Å². The molecule has 4 rings (SSSR count). The van der Waals surface area contributed by atoms with Gasteiger partial charge in [0.15, 0.2) is 0 Å². The van der Waals surface area contributed by atoms with Gasteiger partial charge in [-0.2, -0.15) is 0 Å². The minimum Gasteiger partial charge on any atom is -0.497 e. The summed E-state index contributed by atoms with van der Waals surface area (Å²) in [4.78, 5) is 5.07. The van der Waals surface area contributed by atoms with Crippen LogP contribution in [-0.2, 0) is 11.2 Å². The molecule has 0 amide bonds. The number of benzene rings is 2. The van der Waals surface area contributed by atoms with Crippen LogP contribution in [0.25, 0.3) is 0 Å². The lowest BCUT2D eigenvalue weighted by atomic mass is 9.79. The lowest BCUT2D eigenvalue weighted by molar-refractivity contribution is -0.0504. The Labute approximate surface area is 169 Å². The van der Waals surface area contributed by atoms with Crippen molar-refractivity contribution in [3.05, 3.63) is 59.7 Å². The average molecular weight is 381 g/mol. The molecule has 2 aliphatic rings. The Morgan fingerprint density at radius 3 is 2.43 bits per heavy atom. The molecule has 28 heavy (non-hydrogen) atoms. The third-order valence-corrected chi connectivity index (χ3v) is 6.14. The molecule has 1 atom stereocenters. The van der Waals surface area contributed by atoms with E-state index in [1.54, 1.807) is 7.11 Å². The number of piperazine rings is 1. The fourth-order valence-corrected chi connectivity index (χ4v) is 4.66. The maximum Gasteiger partial charge on any atom is 0.119 e. The molecule has 0 N–H and O–H groups in total. The zero-order valence-corrected chi connectivity index (χ0v) is 17.4. The predicted octanol–water partition coefficient (Wildman–Crippen LogP) is 4.16. The van der Waals surface area contributed by atoms with Gasteiger partial charge in [0.2, 0.25) is 0 Å². The predicted molar refractivity (Wildman–Crippen MR) is 114 cm³/mol. The topological polar surface area (TPSA) is 24.9 Å². The van der Waals surface area contributed by atoms with Crippen molar-refractivity contribution in [1.82, 2.24) is 4.90 Å². The van der Waals surface area contributed by atoms with Crippen LogP contribution >= 0.6 is 0 Å². The van der Waals surface area contributed by atoms with Gasteiger partial charge in [-0.3, -0.25) is 4.90 Å². The maximum atomic E-state index is 6.27. The number of methoxy groups -OCH3 is 1. The molecule has 2 aromatic carbocycles. The van der Waals surface area contributed by atoms with Crippen molar-refractivity contribution in [2.75, 3.05) is 51.3 Å². The summed E-state index contributed by atoms with van der Waals surface area (Å²) in [7, 11) is 1.71. The van der Waals surface area contributed by atoms with Crippen LogP contribution in [-0.4, -0.2) is 51.3 Å². The highest BCUT2D eigenvalue weighted by Gasteiger charge is 2.37. The average Bonchev–Trinajstić information content (AvgIpc) is 2.74. The zero-order chi connectivity index (χ0) is 19.6. The van der Waals surface area contributed by atoms with E-state index in [2.05, 4.69) is 60.0 Å². The number of anilines is 1. The summed E-state index contributed by atoms with van der Waals surface area (Å²) < 4.78 is 11.5. The van der Waals surface area contributed by atoms with Crippen molar-refractivity contribution < 1.29 is 9.47 Å². The van der Waals surface area contributed by atoms with E-state index < -0.39 is 0 Å². The van der Waals surface area contributed by atoms with E-state index in [9.17, 15) is 0 Å². The monoisotopic (exact) mass is 380 g/mol. The van der Waals surface area contributed by atoms with E-state index in [1.165, 1.54) is 16.8 Å². The standard InChI is InChI=1S/C24H32N2O2/c1-24(2,23-22-7-5-4-6-19(22)12-17-28-23)18-25-13-15-26(16-14-25)20-8-10-21(27-3)11-9-20/h4-11,23H,12-18H2,1-3H3. The fraction of sp³-hybridized carbons (Fsp3) is 0.500. The Morgan fingerprint density at radius 1 is 1.00 bits per heavy atom. The Hall–Kier alpha value is -2.04. The van der Waals surface area contributed by atoms with Gasteiger partial charge >= 0.3 is 0 Å². The van der Waals surface area contributed by atoms with E-state index in [1.807, 2.05) is 12.1 Å². The first-order valence-electron chi connectivity index (χ1n) is 10.4. The smallest absolute Gasteiger partial charge is 0.119 e. The first kappa shape index (κ1) is 19.3. The second-order valence-electron chi connectivity index (χ2n) is 8.65. The highest BCUT2D eigenvalue weighted by Crippen LogP contribution is 2.41. The highest BCUT2D eigenvalue weighted by molar-refractivity contribution is 5.49. The quantitative estimate of drug-likeness (QED) is 0.778. The van der Waals surface area contributed by atoms with Gasteiger partial charge in [0.05, 0.1) is 19.8 Å². The van der Waals surface area contributed by atoms with Crippen LogP contribution < -0.4 is 9.64 Å². The number of hydrogen-bond donors (Lipinski definition) is 0. The summed E-state index contributed by atoms with van der Waals surface area (Å²) in [6.07, 6.45) is 1.21. The fourth-order valence-electron chi connectivity index (χ4n) is 4.66. The summed E-state index contributed by atoms with van der Waals surface area (Å²) in [5, 5.41) is 0. The number of nitrogens with zero attached hydrogens (tertiary/aromatic N) is 2. The van der Waals surface area contributed by atoms with E-state index in [0.717, 1.165) is 51.5 Å². The van der Waals surface area contributed by atoms with Gasteiger partial charge in [0, 0.05) is 43.8 Å². The SMILES string of the molecule is COc1ccc(N2CCN(CC(C)(C)C3OCCc4ccccc43)CC2)cc1. The first-order chi connectivity index (χ1) is 13.6. The third-order valence-electron chi connectivity index (χ3n) is 6.14. The summed E-state index contributed by atoms with van der Waals surface area (Å²) in [5.41, 5.74) is 4.20. The van der Waals surface area contributed by atoms with Crippen molar-refractivity contribution in [2.24, 2.45) is 5.41 Å². The molecule has 0 radical (unpaired) electrons. The van der Waals surface area contributed by atoms with Gasteiger partial charge in [-0.25, -0.2) is 0 Å². The van der Waals surface area contributed by atoms with Crippen LogP contribution in [0.15, 0.2) is 48.5 Å². The van der Waals surface area contributed by atoms with Crippen molar-refractivity contribution in [1.29, 1.82) is 0 Å². The molecule has 2 aliphatic heterocycles. The van der Waals surface area contributed by atoms with E-state index in [-0.39, 0.29) is 11.5 Å². The molecule has 1 saturated heterocycles.